The number of phenolic OH excluding ortho intramolecular Hbond substituents is 1. The molecule has 0 aliphatic rings. The average Bonchev–Trinajstić information content (AvgIpc) is 2.86. The first kappa shape index (κ1) is 34.6. The summed E-state index contributed by atoms with van der Waals surface area (Å²) in [4.78, 5) is 12.8. The summed E-state index contributed by atoms with van der Waals surface area (Å²) in [7, 11) is -2.04. The summed E-state index contributed by atoms with van der Waals surface area (Å²) in [5, 5.41) is 26.5. The number of nitrogens with zero attached hydrogens (tertiary/aromatic N) is 1. The quantitative estimate of drug-likeness (QED) is 0.223. The van der Waals surface area contributed by atoms with Gasteiger partial charge in [-0.2, -0.15) is 0 Å². The van der Waals surface area contributed by atoms with Crippen LogP contribution in [0.5, 0.6) is 11.5 Å². The highest BCUT2D eigenvalue weighted by Crippen LogP contribution is 2.17. The Morgan fingerprint density at radius 2 is 1.79 bits per heavy atom. The van der Waals surface area contributed by atoms with E-state index in [1.165, 1.54) is 16.4 Å². The molecule has 0 radical (unpaired) electrons. The number of aromatic hydroxyl groups is 1. The minimum Gasteiger partial charge on any atom is -0.508 e. The second-order valence-corrected chi connectivity index (χ2v) is 11.3. The van der Waals surface area contributed by atoms with Gasteiger partial charge < -0.3 is 25.6 Å². The molecule has 0 saturated carbocycles. The number of aliphatic hydroxyl groups excluding tert-OH is 1. The van der Waals surface area contributed by atoms with Crippen molar-refractivity contribution in [2.24, 2.45) is 0 Å². The third kappa shape index (κ3) is 12.1. The molecule has 0 aliphatic heterocycles. The van der Waals surface area contributed by atoms with E-state index in [-0.39, 0.29) is 43.3 Å². The van der Waals surface area contributed by atoms with Crippen molar-refractivity contribution in [1.82, 2.24) is 14.9 Å². The Morgan fingerprint density at radius 1 is 1.10 bits per heavy atom. The van der Waals surface area contributed by atoms with Crippen LogP contribution in [0.2, 0.25) is 0 Å². The Kier molecular flexibility index (Phi) is 15.3. The molecule has 0 spiro atoms. The smallest absolute Gasteiger partial charge is 0.221 e. The van der Waals surface area contributed by atoms with Gasteiger partial charge in [-0.05, 0) is 54.7 Å². The van der Waals surface area contributed by atoms with Gasteiger partial charge in [0.1, 0.15) is 17.3 Å². The highest BCUT2D eigenvalue weighted by atomic mass is 35.5. The minimum absolute atomic E-state index is 0. The zero-order chi connectivity index (χ0) is 28.1. The fraction of sp³-hybridized carbons (Fsp3) is 0.519. The molecule has 39 heavy (non-hydrogen) atoms. The lowest BCUT2D eigenvalue weighted by Gasteiger charge is -2.25. The Bertz CT molecular complexity index is 1110. The summed E-state index contributed by atoms with van der Waals surface area (Å²) in [6.45, 7) is 5.09. The van der Waals surface area contributed by atoms with Crippen molar-refractivity contribution in [3.8, 4) is 11.5 Å². The van der Waals surface area contributed by atoms with Gasteiger partial charge in [0.05, 0.1) is 25.0 Å². The third-order valence-electron chi connectivity index (χ3n) is 5.95. The number of carbonyl (C=O) groups excluding carboxylic acids is 1. The van der Waals surface area contributed by atoms with Crippen LogP contribution in [0, 0.1) is 5.82 Å². The SMILES string of the molecule is CCCN(CCC)S(=O)(=O)CCC(=O)N[C@@H](Cc1cc(O)cc(F)c1)[C@H](O)CNCc1cccc(OC)c1.Cl. The molecule has 0 saturated heterocycles. The largest absolute Gasteiger partial charge is 0.508 e. The molecule has 0 aromatic heterocycles. The van der Waals surface area contributed by atoms with E-state index in [9.17, 15) is 27.8 Å². The van der Waals surface area contributed by atoms with Crippen LogP contribution in [0.1, 0.15) is 44.2 Å². The summed E-state index contributed by atoms with van der Waals surface area (Å²) in [5.41, 5.74) is 1.31. The standard InChI is InChI=1S/C27H40FN3O6S.ClH/c1-4-10-31(11-5-2)38(35,36)12-9-27(34)30-25(16-21-13-22(28)17-23(32)14-21)26(33)19-29-18-20-7-6-8-24(15-20)37-3;/h6-8,13-15,17,25-26,29,32-33H,4-5,9-12,16,18-19H2,1-3H3,(H,30,34);1H/t25-,26+;/m0./s1. The zero-order valence-corrected chi connectivity index (χ0v) is 24.4. The van der Waals surface area contributed by atoms with Crippen molar-refractivity contribution in [1.29, 1.82) is 0 Å². The summed E-state index contributed by atoms with van der Waals surface area (Å²) >= 11 is 0. The van der Waals surface area contributed by atoms with Crippen LogP contribution in [-0.2, 0) is 27.8 Å². The molecule has 9 nitrogen and oxygen atoms in total. The first-order valence-electron chi connectivity index (χ1n) is 12.8. The van der Waals surface area contributed by atoms with E-state index >= 15 is 0 Å². The van der Waals surface area contributed by atoms with Crippen molar-refractivity contribution in [2.75, 3.05) is 32.5 Å². The Labute approximate surface area is 237 Å². The molecule has 4 N–H and O–H groups in total. The zero-order valence-electron chi connectivity index (χ0n) is 22.7. The van der Waals surface area contributed by atoms with E-state index in [4.69, 9.17) is 4.74 Å². The molecular formula is C27H41ClFN3O6S. The van der Waals surface area contributed by atoms with Gasteiger partial charge in [-0.1, -0.05) is 26.0 Å². The second-order valence-electron chi connectivity index (χ2n) is 9.21. The summed E-state index contributed by atoms with van der Waals surface area (Å²) in [6.07, 6.45) is 0.0135. The Morgan fingerprint density at radius 3 is 2.41 bits per heavy atom. The number of ether oxygens (including phenoxy) is 1. The molecule has 2 atom stereocenters. The Balaban J connectivity index is 0.00000760. The lowest BCUT2D eigenvalue weighted by molar-refractivity contribution is -0.122. The summed E-state index contributed by atoms with van der Waals surface area (Å²) in [6, 6.07) is 10.1. The van der Waals surface area contributed by atoms with Gasteiger partial charge in [0.15, 0.2) is 0 Å². The number of halogens is 2. The molecule has 0 heterocycles. The lowest BCUT2D eigenvalue weighted by atomic mass is 10.00. The van der Waals surface area contributed by atoms with Gasteiger partial charge in [-0.3, -0.25) is 4.79 Å². The van der Waals surface area contributed by atoms with Crippen molar-refractivity contribution in [2.45, 2.75) is 58.2 Å². The number of aliphatic hydroxyl groups is 1. The molecular weight excluding hydrogens is 549 g/mol. The molecule has 1 amide bonds. The van der Waals surface area contributed by atoms with Gasteiger partial charge in [0, 0.05) is 38.7 Å². The number of methoxy groups -OCH3 is 1. The van der Waals surface area contributed by atoms with Crippen LogP contribution in [0.25, 0.3) is 0 Å². The maximum Gasteiger partial charge on any atom is 0.221 e. The number of benzene rings is 2. The molecule has 0 aliphatic carbocycles. The van der Waals surface area contributed by atoms with Gasteiger partial charge in [-0.15, -0.1) is 12.4 Å². The third-order valence-corrected chi connectivity index (χ3v) is 7.82. The number of hydrogen-bond donors (Lipinski definition) is 4. The topological polar surface area (TPSA) is 128 Å². The summed E-state index contributed by atoms with van der Waals surface area (Å²) < 4.78 is 45.9. The van der Waals surface area contributed by atoms with Crippen LogP contribution < -0.4 is 15.4 Å². The molecule has 0 fully saturated rings. The van der Waals surface area contributed by atoms with Gasteiger partial charge in [-0.25, -0.2) is 17.1 Å². The number of phenols is 1. The van der Waals surface area contributed by atoms with E-state index in [2.05, 4.69) is 10.6 Å². The fourth-order valence-electron chi connectivity index (χ4n) is 4.10. The average molecular weight is 590 g/mol. The number of hydrogen-bond acceptors (Lipinski definition) is 7. The van der Waals surface area contributed by atoms with Crippen molar-refractivity contribution >= 4 is 28.3 Å². The molecule has 220 valence electrons. The van der Waals surface area contributed by atoms with Crippen LogP contribution in [0.3, 0.4) is 0 Å². The monoisotopic (exact) mass is 589 g/mol. The van der Waals surface area contributed by atoms with Crippen LogP contribution >= 0.6 is 12.4 Å². The molecule has 0 unspecified atom stereocenters. The lowest BCUT2D eigenvalue weighted by Crippen LogP contribution is -2.49. The number of sulfonamides is 1. The normalized spacial score (nSPS) is 13.0. The van der Waals surface area contributed by atoms with Crippen molar-refractivity contribution in [3.63, 3.8) is 0 Å². The first-order chi connectivity index (χ1) is 18.1. The van der Waals surface area contributed by atoms with E-state index < -0.39 is 33.9 Å². The van der Waals surface area contributed by atoms with Crippen molar-refractivity contribution in [3.05, 3.63) is 59.4 Å². The number of amides is 1. The first-order valence-corrected chi connectivity index (χ1v) is 14.5. The second kappa shape index (κ2) is 17.3. The van der Waals surface area contributed by atoms with E-state index in [1.807, 2.05) is 38.1 Å². The van der Waals surface area contributed by atoms with Gasteiger partial charge >= 0.3 is 0 Å². The van der Waals surface area contributed by atoms with E-state index in [0.717, 1.165) is 11.6 Å². The molecule has 2 aromatic rings. The molecule has 2 rings (SSSR count). The summed E-state index contributed by atoms with van der Waals surface area (Å²) in [5.74, 6) is -1.11. The molecule has 12 heteroatoms. The van der Waals surface area contributed by atoms with Crippen LogP contribution in [0.4, 0.5) is 4.39 Å². The molecule has 2 aromatic carbocycles. The predicted molar refractivity (Wildman–Crippen MR) is 152 cm³/mol. The Hall–Kier alpha value is -2.44. The highest BCUT2D eigenvalue weighted by molar-refractivity contribution is 7.89. The minimum atomic E-state index is -3.61. The number of rotatable bonds is 17. The maximum atomic E-state index is 13.8. The van der Waals surface area contributed by atoms with Crippen LogP contribution in [0.15, 0.2) is 42.5 Å². The maximum absolute atomic E-state index is 13.8. The van der Waals surface area contributed by atoms with Gasteiger partial charge in [0.25, 0.3) is 0 Å². The van der Waals surface area contributed by atoms with E-state index in [1.54, 1.807) is 7.11 Å². The fourth-order valence-corrected chi connectivity index (χ4v) is 5.72. The van der Waals surface area contributed by atoms with Gasteiger partial charge in [0.2, 0.25) is 15.9 Å². The number of carbonyl (C=O) groups is 1. The van der Waals surface area contributed by atoms with Crippen molar-refractivity contribution < 1.29 is 32.6 Å². The van der Waals surface area contributed by atoms with E-state index in [0.29, 0.717) is 43.8 Å². The number of nitrogens with one attached hydrogen (secondary N) is 2. The predicted octanol–water partition coefficient (Wildman–Crippen LogP) is 2.98. The van der Waals surface area contributed by atoms with Crippen LogP contribution in [-0.4, -0.2) is 73.5 Å². The molecule has 0 bridgehead atoms. The highest BCUT2D eigenvalue weighted by Gasteiger charge is 2.25.